The Labute approximate surface area is 181 Å². The summed E-state index contributed by atoms with van der Waals surface area (Å²) in [7, 11) is 0. The highest BCUT2D eigenvalue weighted by molar-refractivity contribution is 5.86. The second-order valence-corrected chi connectivity index (χ2v) is 7.54. The number of hydrogen-bond donors (Lipinski definition) is 1. The smallest absolute Gasteiger partial charge is 0.303 e. The van der Waals surface area contributed by atoms with Crippen LogP contribution in [0.2, 0.25) is 0 Å². The van der Waals surface area contributed by atoms with Gasteiger partial charge >= 0.3 is 5.97 Å². The van der Waals surface area contributed by atoms with Gasteiger partial charge in [0, 0.05) is 30.3 Å². The number of carboxylic acids is 1. The van der Waals surface area contributed by atoms with Gasteiger partial charge in [0.1, 0.15) is 5.75 Å². The van der Waals surface area contributed by atoms with Gasteiger partial charge in [-0.25, -0.2) is 0 Å². The molecule has 0 aliphatic heterocycles. The molecule has 0 amide bonds. The van der Waals surface area contributed by atoms with Gasteiger partial charge in [-0.2, -0.15) is 5.10 Å². The molecule has 0 spiro atoms. The summed E-state index contributed by atoms with van der Waals surface area (Å²) < 4.78 is 8.15. The maximum absolute atomic E-state index is 11.0. The highest BCUT2D eigenvalue weighted by Gasteiger charge is 2.11. The number of hydrogen-bond acceptors (Lipinski definition) is 3. The molecule has 1 aromatic heterocycles. The number of aliphatic carboxylic acids is 1. The molecule has 31 heavy (non-hydrogen) atoms. The lowest BCUT2D eigenvalue weighted by Gasteiger charge is -2.14. The van der Waals surface area contributed by atoms with E-state index in [0.29, 0.717) is 13.0 Å². The predicted molar refractivity (Wildman–Crippen MR) is 122 cm³/mol. The van der Waals surface area contributed by atoms with Gasteiger partial charge in [0.05, 0.1) is 18.3 Å². The molecule has 1 heterocycles. The molecular weight excluding hydrogens is 388 g/mol. The van der Waals surface area contributed by atoms with Gasteiger partial charge in [-0.3, -0.25) is 9.48 Å². The van der Waals surface area contributed by atoms with Gasteiger partial charge in [-0.05, 0) is 54.3 Å². The van der Waals surface area contributed by atoms with Crippen molar-refractivity contribution in [3.05, 3.63) is 84.1 Å². The lowest BCUT2D eigenvalue weighted by Crippen LogP contribution is -2.03. The lowest BCUT2D eigenvalue weighted by molar-refractivity contribution is -0.136. The molecule has 1 N–H and O–H groups in total. The minimum atomic E-state index is -0.793. The highest BCUT2D eigenvalue weighted by Crippen LogP contribution is 2.33. The molecule has 0 saturated heterocycles. The summed E-state index contributed by atoms with van der Waals surface area (Å²) in [6.45, 7) is 3.47. The maximum atomic E-state index is 11.0. The number of carbonyl (C=O) groups is 1. The average Bonchev–Trinajstić information content (AvgIpc) is 3.21. The fourth-order valence-electron chi connectivity index (χ4n) is 3.77. The number of aromatic nitrogens is 2. The Morgan fingerprint density at radius 1 is 1.00 bits per heavy atom. The molecule has 0 atom stereocenters. The number of nitrogens with zero attached hydrogens (tertiary/aromatic N) is 2. The number of fused-ring (bicyclic) bond motifs is 1. The molecular formula is C26H26N2O3. The molecule has 0 aliphatic rings. The van der Waals surface area contributed by atoms with E-state index in [-0.39, 0.29) is 6.42 Å². The molecule has 5 nitrogen and oxygen atoms in total. The van der Waals surface area contributed by atoms with Crippen LogP contribution in [-0.4, -0.2) is 27.5 Å². The van der Waals surface area contributed by atoms with Gasteiger partial charge in [0.2, 0.25) is 0 Å². The van der Waals surface area contributed by atoms with Crippen LogP contribution in [0, 0.1) is 0 Å². The largest absolute Gasteiger partial charge is 0.493 e. The third-order valence-electron chi connectivity index (χ3n) is 5.41. The van der Waals surface area contributed by atoms with E-state index in [1.165, 1.54) is 5.56 Å². The molecule has 3 aromatic carbocycles. The molecule has 4 rings (SSSR count). The summed E-state index contributed by atoms with van der Waals surface area (Å²) in [5.41, 5.74) is 5.32. The van der Waals surface area contributed by atoms with Crippen molar-refractivity contribution in [1.29, 1.82) is 0 Å². The third kappa shape index (κ3) is 4.94. The van der Waals surface area contributed by atoms with Crippen LogP contribution in [0.15, 0.2) is 72.9 Å². The zero-order valence-corrected chi connectivity index (χ0v) is 17.6. The summed E-state index contributed by atoms with van der Waals surface area (Å²) >= 11 is 0. The number of carboxylic acid groups (broad SMARTS) is 1. The number of rotatable bonds is 9. The van der Waals surface area contributed by atoms with Crippen molar-refractivity contribution in [2.24, 2.45) is 0 Å². The Balaban J connectivity index is 1.63. The average molecular weight is 415 g/mol. The quantitative estimate of drug-likeness (QED) is 0.400. The predicted octanol–water partition coefficient (Wildman–Crippen LogP) is 5.36. The molecule has 0 unspecified atom stereocenters. The first-order valence-corrected chi connectivity index (χ1v) is 10.6. The summed E-state index contributed by atoms with van der Waals surface area (Å²) in [6.07, 6.45) is 3.30. The van der Waals surface area contributed by atoms with Crippen LogP contribution in [-0.2, 0) is 24.2 Å². The molecule has 0 fully saturated rings. The Morgan fingerprint density at radius 3 is 2.61 bits per heavy atom. The van der Waals surface area contributed by atoms with Crippen molar-refractivity contribution in [2.45, 2.75) is 32.7 Å². The topological polar surface area (TPSA) is 64.4 Å². The van der Waals surface area contributed by atoms with E-state index in [1.54, 1.807) is 0 Å². The normalized spacial score (nSPS) is 11.0. The minimum absolute atomic E-state index is 0.107. The Bertz CT molecular complexity index is 1180. The number of ether oxygens (including phenoxy) is 1. The van der Waals surface area contributed by atoms with E-state index < -0.39 is 5.97 Å². The Morgan fingerprint density at radius 2 is 1.84 bits per heavy atom. The monoisotopic (exact) mass is 414 g/mol. The fourth-order valence-corrected chi connectivity index (χ4v) is 3.77. The van der Waals surface area contributed by atoms with Crippen LogP contribution in [0.5, 0.6) is 5.75 Å². The lowest BCUT2D eigenvalue weighted by atomic mass is 9.99. The second-order valence-electron chi connectivity index (χ2n) is 7.54. The summed E-state index contributed by atoms with van der Waals surface area (Å²) in [4.78, 5) is 11.0. The molecule has 158 valence electrons. The SMILES string of the molecule is CCn1ncc2cc(-c3cc(CCC(=O)O)ccc3OCCc3ccccc3)ccc21. The van der Waals surface area contributed by atoms with Crippen LogP contribution in [0.3, 0.4) is 0 Å². The van der Waals surface area contributed by atoms with Crippen molar-refractivity contribution in [3.8, 4) is 16.9 Å². The molecule has 0 radical (unpaired) electrons. The van der Waals surface area contributed by atoms with Crippen LogP contribution in [0.25, 0.3) is 22.0 Å². The molecule has 5 heteroatoms. The first-order valence-electron chi connectivity index (χ1n) is 10.6. The Kier molecular flexibility index (Phi) is 6.32. The fraction of sp³-hybridized carbons (Fsp3) is 0.231. The zero-order valence-electron chi connectivity index (χ0n) is 17.6. The van der Waals surface area contributed by atoms with Crippen molar-refractivity contribution < 1.29 is 14.6 Å². The first kappa shape index (κ1) is 20.7. The van der Waals surface area contributed by atoms with Crippen molar-refractivity contribution >= 4 is 16.9 Å². The highest BCUT2D eigenvalue weighted by atomic mass is 16.5. The van der Waals surface area contributed by atoms with Crippen LogP contribution >= 0.6 is 0 Å². The molecule has 0 bridgehead atoms. The van der Waals surface area contributed by atoms with Crippen molar-refractivity contribution in [1.82, 2.24) is 9.78 Å². The van der Waals surface area contributed by atoms with Gasteiger partial charge < -0.3 is 9.84 Å². The van der Waals surface area contributed by atoms with E-state index in [1.807, 2.05) is 47.3 Å². The van der Waals surface area contributed by atoms with E-state index in [4.69, 9.17) is 9.84 Å². The van der Waals surface area contributed by atoms with Crippen molar-refractivity contribution in [3.63, 3.8) is 0 Å². The maximum Gasteiger partial charge on any atom is 0.303 e. The molecule has 0 saturated carbocycles. The van der Waals surface area contributed by atoms with Gasteiger partial charge in [-0.15, -0.1) is 0 Å². The van der Waals surface area contributed by atoms with Crippen molar-refractivity contribution in [2.75, 3.05) is 6.61 Å². The van der Waals surface area contributed by atoms with E-state index in [2.05, 4.69) is 42.4 Å². The van der Waals surface area contributed by atoms with Gasteiger partial charge in [0.25, 0.3) is 0 Å². The minimum Gasteiger partial charge on any atom is -0.493 e. The second kappa shape index (κ2) is 9.47. The van der Waals surface area contributed by atoms with E-state index in [0.717, 1.165) is 46.3 Å². The standard InChI is InChI=1S/C26H26N2O3/c1-2-28-24-11-10-21(17-22(24)18-27-28)23-16-20(9-13-26(29)30)8-12-25(23)31-15-14-19-6-4-3-5-7-19/h3-8,10-12,16-18H,2,9,13-15H2,1H3,(H,29,30). The molecule has 0 aliphatic carbocycles. The van der Waals surface area contributed by atoms with E-state index in [9.17, 15) is 4.79 Å². The number of benzene rings is 3. The summed E-state index contributed by atoms with van der Waals surface area (Å²) in [6, 6.07) is 22.5. The van der Waals surface area contributed by atoms with Gasteiger partial charge in [-0.1, -0.05) is 42.5 Å². The zero-order chi connectivity index (χ0) is 21.6. The molecule has 4 aromatic rings. The number of aryl methyl sites for hydroxylation is 2. The summed E-state index contributed by atoms with van der Waals surface area (Å²) in [5, 5.41) is 14.6. The Hall–Kier alpha value is -3.60. The summed E-state index contributed by atoms with van der Waals surface area (Å²) in [5.74, 6) is 0.00961. The van der Waals surface area contributed by atoms with Crippen LogP contribution in [0.1, 0.15) is 24.5 Å². The first-order chi connectivity index (χ1) is 15.1. The van der Waals surface area contributed by atoms with Gasteiger partial charge in [0.15, 0.2) is 0 Å². The van der Waals surface area contributed by atoms with E-state index >= 15 is 0 Å². The van der Waals surface area contributed by atoms with Crippen LogP contribution in [0.4, 0.5) is 0 Å². The third-order valence-corrected chi connectivity index (χ3v) is 5.41. The van der Waals surface area contributed by atoms with Crippen LogP contribution < -0.4 is 4.74 Å².